The number of hydrogen-bond acceptors (Lipinski definition) is 3. The zero-order valence-corrected chi connectivity index (χ0v) is 9.73. The van der Waals surface area contributed by atoms with Crippen molar-refractivity contribution in [3.8, 4) is 0 Å². The Balaban J connectivity index is 1.61. The van der Waals surface area contributed by atoms with Gasteiger partial charge < -0.3 is 9.80 Å². The Morgan fingerprint density at radius 2 is 1.73 bits per heavy atom. The summed E-state index contributed by atoms with van der Waals surface area (Å²) < 4.78 is 0. The lowest BCUT2D eigenvalue weighted by Gasteiger charge is -2.43. The molecule has 86 valence electrons. The number of nitrogens with zero attached hydrogens (tertiary/aromatic N) is 3. The lowest BCUT2D eigenvalue weighted by atomic mass is 10.0. The van der Waals surface area contributed by atoms with E-state index in [9.17, 15) is 0 Å². The van der Waals surface area contributed by atoms with Crippen LogP contribution in [-0.4, -0.2) is 66.1 Å². The molecule has 0 aromatic carbocycles. The molecule has 0 radical (unpaired) electrons. The van der Waals surface area contributed by atoms with Gasteiger partial charge in [-0.1, -0.05) is 0 Å². The molecule has 0 N–H and O–H groups in total. The monoisotopic (exact) mass is 208 g/mol. The van der Waals surface area contributed by atoms with E-state index in [1.165, 1.54) is 45.4 Å². The number of fused-ring (bicyclic) bond motifs is 2. The Bertz CT molecular complexity index is 233. The quantitative estimate of drug-likeness (QED) is 0.585. The number of likely N-dealkylation sites (N-methyl/N-ethyl adjacent to an activating group) is 1. The van der Waals surface area contributed by atoms with Gasteiger partial charge in [0.15, 0.2) is 0 Å². The molecule has 0 aromatic rings. The summed E-state index contributed by atoms with van der Waals surface area (Å²) in [6.45, 7) is 5.00. The van der Waals surface area contributed by atoms with E-state index in [0.717, 1.165) is 18.1 Å². The first kappa shape index (κ1) is 10.1. The fraction of sp³-hybridized carbons (Fsp3) is 0.917. The Morgan fingerprint density at radius 1 is 1.00 bits per heavy atom. The van der Waals surface area contributed by atoms with Crippen molar-refractivity contribution in [1.82, 2.24) is 14.7 Å². The molecule has 3 nitrogen and oxygen atoms in total. The SMILES string of the molecule is [CH2-]N1CCC(N2CC3CC2CN3C)CC1. The standard InChI is InChI=1S/C12H22N3/c1-13-5-3-10(4-6-13)15-9-11-7-12(15)8-14(11)2/h10-12H,1,3-9H2,2H3/q-1. The summed E-state index contributed by atoms with van der Waals surface area (Å²) in [6, 6.07) is 2.57. The molecule has 3 rings (SSSR count). The molecule has 2 unspecified atom stereocenters. The van der Waals surface area contributed by atoms with Gasteiger partial charge in [0.25, 0.3) is 0 Å². The van der Waals surface area contributed by atoms with E-state index in [-0.39, 0.29) is 0 Å². The molecule has 3 heterocycles. The molecule has 2 atom stereocenters. The molecule has 3 aliphatic heterocycles. The van der Waals surface area contributed by atoms with Gasteiger partial charge in [-0.05, 0) is 39.4 Å². The van der Waals surface area contributed by atoms with Crippen LogP contribution in [0.1, 0.15) is 19.3 Å². The number of rotatable bonds is 1. The van der Waals surface area contributed by atoms with Crippen LogP contribution in [0.4, 0.5) is 0 Å². The van der Waals surface area contributed by atoms with Crippen molar-refractivity contribution in [3.05, 3.63) is 7.05 Å². The van der Waals surface area contributed by atoms with Gasteiger partial charge in [-0.25, -0.2) is 0 Å². The minimum Gasteiger partial charge on any atom is -0.459 e. The van der Waals surface area contributed by atoms with Crippen molar-refractivity contribution >= 4 is 0 Å². The van der Waals surface area contributed by atoms with Gasteiger partial charge >= 0.3 is 0 Å². The second kappa shape index (κ2) is 3.72. The molecular weight excluding hydrogens is 186 g/mol. The average Bonchev–Trinajstić information content (AvgIpc) is 2.77. The van der Waals surface area contributed by atoms with E-state index < -0.39 is 0 Å². The molecule has 0 aromatic heterocycles. The summed E-state index contributed by atoms with van der Waals surface area (Å²) in [4.78, 5) is 7.55. The molecular formula is C12H22N3-. The van der Waals surface area contributed by atoms with E-state index in [1.54, 1.807) is 0 Å². The molecule has 3 fully saturated rings. The van der Waals surface area contributed by atoms with Gasteiger partial charge in [-0.15, -0.1) is 0 Å². The summed E-state index contributed by atoms with van der Waals surface area (Å²) in [6.07, 6.45) is 4.08. The summed E-state index contributed by atoms with van der Waals surface area (Å²) in [5.74, 6) is 0. The first-order chi connectivity index (χ1) is 7.24. The Labute approximate surface area is 93.0 Å². The van der Waals surface area contributed by atoms with Crippen molar-refractivity contribution in [3.63, 3.8) is 0 Å². The second-order valence-electron chi connectivity index (χ2n) is 5.53. The molecule has 2 bridgehead atoms. The first-order valence-electron chi connectivity index (χ1n) is 6.25. The van der Waals surface area contributed by atoms with E-state index in [2.05, 4.69) is 28.8 Å². The van der Waals surface area contributed by atoms with Crippen LogP contribution in [0.15, 0.2) is 0 Å². The lowest BCUT2D eigenvalue weighted by Crippen LogP contribution is -2.51. The van der Waals surface area contributed by atoms with Crippen molar-refractivity contribution in [1.29, 1.82) is 0 Å². The van der Waals surface area contributed by atoms with Gasteiger partial charge in [0.05, 0.1) is 0 Å². The van der Waals surface area contributed by atoms with Gasteiger partial charge in [0.2, 0.25) is 0 Å². The minimum absolute atomic E-state index is 0.853. The third-order valence-electron chi connectivity index (χ3n) is 4.58. The van der Waals surface area contributed by atoms with Crippen LogP contribution in [0.25, 0.3) is 0 Å². The van der Waals surface area contributed by atoms with Crippen molar-refractivity contribution in [2.75, 3.05) is 33.2 Å². The second-order valence-corrected chi connectivity index (χ2v) is 5.53. The maximum absolute atomic E-state index is 4.03. The summed E-state index contributed by atoms with van der Waals surface area (Å²) in [7, 11) is 6.30. The number of likely N-dealkylation sites (tertiary alicyclic amines) is 3. The third kappa shape index (κ3) is 1.71. The highest BCUT2D eigenvalue weighted by Crippen LogP contribution is 2.33. The van der Waals surface area contributed by atoms with E-state index in [4.69, 9.17) is 0 Å². The predicted octanol–water partition coefficient (Wildman–Crippen LogP) is 0.631. The fourth-order valence-electron chi connectivity index (χ4n) is 3.59. The van der Waals surface area contributed by atoms with Gasteiger partial charge in [-0.3, -0.25) is 11.9 Å². The van der Waals surface area contributed by atoms with Gasteiger partial charge in [0.1, 0.15) is 0 Å². The molecule has 0 aliphatic carbocycles. The molecule has 3 heteroatoms. The summed E-state index contributed by atoms with van der Waals surface area (Å²) >= 11 is 0. The van der Waals surface area contributed by atoms with Crippen LogP contribution in [0, 0.1) is 7.05 Å². The van der Waals surface area contributed by atoms with Gasteiger partial charge in [0, 0.05) is 31.2 Å². The topological polar surface area (TPSA) is 9.72 Å². The minimum atomic E-state index is 0.853. The molecule has 0 amide bonds. The summed E-state index contributed by atoms with van der Waals surface area (Å²) in [5.41, 5.74) is 0. The number of piperidine rings is 1. The van der Waals surface area contributed by atoms with Crippen molar-refractivity contribution in [2.45, 2.75) is 37.4 Å². The zero-order valence-electron chi connectivity index (χ0n) is 9.73. The van der Waals surface area contributed by atoms with Crippen LogP contribution in [0.3, 0.4) is 0 Å². The molecule has 3 aliphatic rings. The normalized spacial score (nSPS) is 40.4. The molecule has 0 saturated carbocycles. The highest BCUT2D eigenvalue weighted by Gasteiger charge is 2.43. The average molecular weight is 208 g/mol. The van der Waals surface area contributed by atoms with Crippen molar-refractivity contribution < 1.29 is 0 Å². The Kier molecular flexibility index (Phi) is 2.49. The van der Waals surface area contributed by atoms with Crippen LogP contribution >= 0.6 is 0 Å². The Morgan fingerprint density at radius 3 is 2.27 bits per heavy atom. The van der Waals surface area contributed by atoms with Gasteiger partial charge in [-0.2, -0.15) is 0 Å². The highest BCUT2D eigenvalue weighted by atomic mass is 15.4. The lowest BCUT2D eigenvalue weighted by molar-refractivity contribution is 0.0727. The fourth-order valence-corrected chi connectivity index (χ4v) is 3.59. The largest absolute Gasteiger partial charge is 0.459 e. The van der Waals surface area contributed by atoms with E-state index >= 15 is 0 Å². The zero-order chi connectivity index (χ0) is 10.4. The molecule has 15 heavy (non-hydrogen) atoms. The van der Waals surface area contributed by atoms with Crippen molar-refractivity contribution in [2.24, 2.45) is 0 Å². The number of hydrogen-bond donors (Lipinski definition) is 0. The van der Waals surface area contributed by atoms with Crippen LogP contribution < -0.4 is 0 Å². The summed E-state index contributed by atoms with van der Waals surface area (Å²) in [5, 5.41) is 0. The predicted molar refractivity (Wildman–Crippen MR) is 61.5 cm³/mol. The van der Waals surface area contributed by atoms with E-state index in [0.29, 0.717) is 0 Å². The van der Waals surface area contributed by atoms with Crippen LogP contribution in [-0.2, 0) is 0 Å². The maximum atomic E-state index is 4.03. The molecule has 0 spiro atoms. The molecule has 3 saturated heterocycles. The smallest absolute Gasteiger partial charge is 0.0242 e. The third-order valence-corrected chi connectivity index (χ3v) is 4.58. The van der Waals surface area contributed by atoms with Crippen LogP contribution in [0.5, 0.6) is 0 Å². The maximum Gasteiger partial charge on any atom is 0.0242 e. The van der Waals surface area contributed by atoms with E-state index in [1.807, 2.05) is 0 Å². The highest BCUT2D eigenvalue weighted by molar-refractivity contribution is 5.01. The van der Waals surface area contributed by atoms with Crippen LogP contribution in [0.2, 0.25) is 0 Å². The Hall–Kier alpha value is -0.120. The first-order valence-corrected chi connectivity index (χ1v) is 6.25. The number of piperazine rings is 1.